The molecule has 0 saturated heterocycles. The van der Waals surface area contributed by atoms with E-state index in [1.54, 1.807) is 0 Å². The molecule has 0 fully saturated rings. The van der Waals surface area contributed by atoms with Crippen LogP contribution in [-0.4, -0.2) is 12.6 Å². The summed E-state index contributed by atoms with van der Waals surface area (Å²) < 4.78 is 5.59. The third kappa shape index (κ3) is 2.28. The first-order valence-corrected chi connectivity index (χ1v) is 8.51. The zero-order chi connectivity index (χ0) is 16.0. The van der Waals surface area contributed by atoms with Gasteiger partial charge in [-0.25, -0.2) is 0 Å². The lowest BCUT2D eigenvalue weighted by Gasteiger charge is -2.45. The van der Waals surface area contributed by atoms with Gasteiger partial charge in [-0.1, -0.05) is 62.4 Å². The summed E-state index contributed by atoms with van der Waals surface area (Å²) in [6.07, 6.45) is 1.07. The van der Waals surface area contributed by atoms with Gasteiger partial charge >= 0.3 is 5.97 Å². The number of fused-ring (bicyclic) bond motifs is 1. The summed E-state index contributed by atoms with van der Waals surface area (Å²) in [5, 5.41) is 0. The maximum Gasteiger partial charge on any atom is 0.308 e. The van der Waals surface area contributed by atoms with Crippen LogP contribution in [0.5, 0.6) is 0 Å². The minimum Gasteiger partial charge on any atom is -0.465 e. The molecule has 0 amide bonds. The predicted molar refractivity (Wildman–Crippen MR) is 90.5 cm³/mol. The van der Waals surface area contributed by atoms with E-state index in [0.29, 0.717) is 24.4 Å². The molecule has 2 bridgehead atoms. The molecule has 23 heavy (non-hydrogen) atoms. The van der Waals surface area contributed by atoms with E-state index in [0.717, 1.165) is 6.42 Å². The number of ether oxygens (including phenoxy) is 1. The Morgan fingerprint density at radius 2 is 1.52 bits per heavy atom. The van der Waals surface area contributed by atoms with Crippen LogP contribution in [0.15, 0.2) is 48.5 Å². The van der Waals surface area contributed by atoms with Crippen LogP contribution < -0.4 is 0 Å². The highest BCUT2D eigenvalue weighted by Gasteiger charge is 2.43. The van der Waals surface area contributed by atoms with Gasteiger partial charge in [-0.2, -0.15) is 0 Å². The van der Waals surface area contributed by atoms with Crippen LogP contribution in [0.4, 0.5) is 0 Å². The van der Waals surface area contributed by atoms with Gasteiger partial charge in [0.25, 0.3) is 0 Å². The van der Waals surface area contributed by atoms with Crippen molar-refractivity contribution in [1.29, 1.82) is 0 Å². The Morgan fingerprint density at radius 3 is 2.04 bits per heavy atom. The van der Waals surface area contributed by atoms with E-state index in [-0.39, 0.29) is 11.9 Å². The van der Waals surface area contributed by atoms with E-state index in [9.17, 15) is 4.79 Å². The van der Waals surface area contributed by atoms with Crippen LogP contribution in [0, 0.1) is 11.8 Å². The van der Waals surface area contributed by atoms with Crippen molar-refractivity contribution in [1.82, 2.24) is 0 Å². The maximum absolute atomic E-state index is 11.9. The van der Waals surface area contributed by atoms with Gasteiger partial charge in [0.2, 0.25) is 0 Å². The van der Waals surface area contributed by atoms with Gasteiger partial charge < -0.3 is 4.74 Å². The monoisotopic (exact) mass is 306 g/mol. The van der Waals surface area contributed by atoms with Gasteiger partial charge in [0.1, 0.15) is 0 Å². The van der Waals surface area contributed by atoms with Gasteiger partial charge in [-0.3, -0.25) is 4.79 Å². The first-order chi connectivity index (χ1) is 11.2. The molecule has 2 aromatic carbocycles. The van der Waals surface area contributed by atoms with Gasteiger partial charge in [0, 0.05) is 17.8 Å². The SMILES string of the molecule is CC(C)C(=O)OCC1CC2c3ccccc3C1c1ccccc12. The molecule has 0 spiro atoms. The van der Waals surface area contributed by atoms with Crippen molar-refractivity contribution in [3.05, 3.63) is 70.8 Å². The Kier molecular flexibility index (Phi) is 3.48. The molecule has 0 saturated carbocycles. The number of hydrogen-bond donors (Lipinski definition) is 0. The van der Waals surface area contributed by atoms with Crippen molar-refractivity contribution in [2.24, 2.45) is 11.8 Å². The quantitative estimate of drug-likeness (QED) is 0.781. The number of benzene rings is 2. The molecule has 3 aliphatic rings. The summed E-state index contributed by atoms with van der Waals surface area (Å²) >= 11 is 0. The molecular weight excluding hydrogens is 284 g/mol. The van der Waals surface area contributed by atoms with Crippen LogP contribution in [-0.2, 0) is 9.53 Å². The second-order valence-corrected chi connectivity index (χ2v) is 7.07. The molecule has 2 nitrogen and oxygen atoms in total. The van der Waals surface area contributed by atoms with Crippen LogP contribution in [0.25, 0.3) is 0 Å². The summed E-state index contributed by atoms with van der Waals surface area (Å²) in [6, 6.07) is 17.5. The van der Waals surface area contributed by atoms with Gasteiger partial charge in [0.15, 0.2) is 0 Å². The number of rotatable bonds is 3. The Balaban J connectivity index is 1.70. The van der Waals surface area contributed by atoms with Crippen LogP contribution >= 0.6 is 0 Å². The van der Waals surface area contributed by atoms with Crippen molar-refractivity contribution in [3.63, 3.8) is 0 Å². The summed E-state index contributed by atoms with van der Waals surface area (Å²) in [6.45, 7) is 4.31. The number of esters is 1. The lowest BCUT2D eigenvalue weighted by Crippen LogP contribution is -2.35. The van der Waals surface area contributed by atoms with Gasteiger partial charge in [-0.15, -0.1) is 0 Å². The van der Waals surface area contributed by atoms with E-state index >= 15 is 0 Å². The van der Waals surface area contributed by atoms with Gasteiger partial charge in [-0.05, 0) is 28.7 Å². The lowest BCUT2D eigenvalue weighted by molar-refractivity contribution is -0.149. The molecule has 0 N–H and O–H groups in total. The maximum atomic E-state index is 11.9. The van der Waals surface area contributed by atoms with Crippen molar-refractivity contribution in [3.8, 4) is 0 Å². The Morgan fingerprint density at radius 1 is 1.00 bits per heavy atom. The normalized spacial score (nSPS) is 24.2. The molecule has 5 rings (SSSR count). The standard InChI is InChI=1S/C21H22O2/c1-13(2)21(22)23-12-14-11-19-15-7-3-5-9-17(15)20(14)18-10-6-4-8-16(18)19/h3-10,13-14,19-20H,11-12H2,1-2H3. The molecule has 1 atom stereocenters. The highest BCUT2D eigenvalue weighted by molar-refractivity contribution is 5.71. The van der Waals surface area contributed by atoms with Crippen molar-refractivity contribution in [2.75, 3.05) is 6.61 Å². The first-order valence-electron chi connectivity index (χ1n) is 8.51. The third-order valence-corrected chi connectivity index (χ3v) is 5.33. The molecule has 1 unspecified atom stereocenters. The summed E-state index contributed by atoms with van der Waals surface area (Å²) in [5.74, 6) is 1.03. The summed E-state index contributed by atoms with van der Waals surface area (Å²) in [5.41, 5.74) is 5.77. The zero-order valence-electron chi connectivity index (χ0n) is 13.7. The zero-order valence-corrected chi connectivity index (χ0v) is 13.7. The third-order valence-electron chi connectivity index (χ3n) is 5.33. The Hall–Kier alpha value is -2.09. The average Bonchev–Trinajstić information content (AvgIpc) is 2.59. The second-order valence-electron chi connectivity index (χ2n) is 7.07. The first kappa shape index (κ1) is 14.5. The fourth-order valence-electron chi connectivity index (χ4n) is 4.28. The highest BCUT2D eigenvalue weighted by Crippen LogP contribution is 2.55. The molecule has 118 valence electrons. The fourth-order valence-corrected chi connectivity index (χ4v) is 4.28. The highest BCUT2D eigenvalue weighted by atomic mass is 16.5. The largest absolute Gasteiger partial charge is 0.465 e. The van der Waals surface area contributed by atoms with E-state index in [2.05, 4.69) is 48.5 Å². The average molecular weight is 306 g/mol. The molecule has 2 heteroatoms. The van der Waals surface area contributed by atoms with Crippen LogP contribution in [0.3, 0.4) is 0 Å². The van der Waals surface area contributed by atoms with E-state index in [4.69, 9.17) is 4.74 Å². The second kappa shape index (κ2) is 5.52. The molecule has 0 radical (unpaired) electrons. The number of carbonyl (C=O) groups is 1. The molecular formula is C21H22O2. The van der Waals surface area contributed by atoms with E-state index in [1.807, 2.05) is 13.8 Å². The Bertz CT molecular complexity index is 700. The van der Waals surface area contributed by atoms with E-state index in [1.165, 1.54) is 22.3 Å². The molecule has 0 aliphatic heterocycles. The number of hydrogen-bond acceptors (Lipinski definition) is 2. The Labute approximate surface area is 137 Å². The smallest absolute Gasteiger partial charge is 0.308 e. The lowest BCUT2D eigenvalue weighted by atomic mass is 9.59. The van der Waals surface area contributed by atoms with Crippen LogP contribution in [0.2, 0.25) is 0 Å². The topological polar surface area (TPSA) is 26.3 Å². The van der Waals surface area contributed by atoms with Gasteiger partial charge in [0.05, 0.1) is 12.5 Å². The summed E-state index contributed by atoms with van der Waals surface area (Å²) in [7, 11) is 0. The van der Waals surface area contributed by atoms with Crippen molar-refractivity contribution in [2.45, 2.75) is 32.1 Å². The molecule has 0 heterocycles. The predicted octanol–water partition coefficient (Wildman–Crippen LogP) is 4.48. The van der Waals surface area contributed by atoms with Crippen molar-refractivity contribution >= 4 is 5.97 Å². The van der Waals surface area contributed by atoms with Crippen molar-refractivity contribution < 1.29 is 9.53 Å². The minimum absolute atomic E-state index is 0.0599. The van der Waals surface area contributed by atoms with E-state index < -0.39 is 0 Å². The molecule has 0 aromatic heterocycles. The summed E-state index contributed by atoms with van der Waals surface area (Å²) in [4.78, 5) is 11.9. The molecule has 2 aromatic rings. The minimum atomic E-state index is -0.0898. The number of carbonyl (C=O) groups excluding carboxylic acids is 1. The van der Waals surface area contributed by atoms with Crippen LogP contribution in [0.1, 0.15) is 54.4 Å². The fraction of sp³-hybridized carbons (Fsp3) is 0.381. The molecule has 3 aliphatic carbocycles.